The molecule has 2 aliphatic heterocycles. The van der Waals surface area contributed by atoms with Gasteiger partial charge in [0.25, 0.3) is 0 Å². The van der Waals surface area contributed by atoms with Crippen LogP contribution in [0.2, 0.25) is 0 Å². The molecule has 6 heteroatoms. The molecule has 0 bridgehead atoms. The Bertz CT molecular complexity index is 385. The second kappa shape index (κ2) is 6.52. The van der Waals surface area contributed by atoms with E-state index in [1.165, 1.54) is 6.42 Å². The van der Waals surface area contributed by atoms with Crippen LogP contribution in [-0.2, 0) is 14.6 Å². The van der Waals surface area contributed by atoms with E-state index in [9.17, 15) is 8.42 Å². The van der Waals surface area contributed by atoms with Crippen molar-refractivity contribution in [3.63, 3.8) is 0 Å². The lowest BCUT2D eigenvalue weighted by Gasteiger charge is -2.36. The zero-order valence-corrected chi connectivity index (χ0v) is 12.8. The fraction of sp³-hybridized carbons (Fsp3) is 1.00. The Balaban J connectivity index is 1.66. The van der Waals surface area contributed by atoms with Gasteiger partial charge >= 0.3 is 0 Å². The highest BCUT2D eigenvalue weighted by atomic mass is 32.2. The van der Waals surface area contributed by atoms with Gasteiger partial charge in [-0.05, 0) is 25.3 Å². The first-order valence-corrected chi connectivity index (χ1v) is 9.01. The van der Waals surface area contributed by atoms with Gasteiger partial charge in [-0.15, -0.1) is 0 Å². The number of likely N-dealkylation sites (tertiary alicyclic amines) is 1. The summed E-state index contributed by atoms with van der Waals surface area (Å²) >= 11 is 0. The number of rotatable bonds is 5. The summed E-state index contributed by atoms with van der Waals surface area (Å²) in [5.41, 5.74) is 0. The minimum absolute atomic E-state index is 0.159. The van der Waals surface area contributed by atoms with Gasteiger partial charge in [-0.25, -0.2) is 8.42 Å². The van der Waals surface area contributed by atoms with E-state index in [1.54, 1.807) is 7.11 Å². The standard InChI is InChI=1S/C13H26N2O3S/c1-11-3-6-15(9-13(11)18-2)7-5-14-12-4-8-19(16,17)10-12/h11-14H,3-10H2,1-2H3. The lowest BCUT2D eigenvalue weighted by Crippen LogP contribution is -2.47. The molecule has 0 amide bonds. The van der Waals surface area contributed by atoms with E-state index in [0.29, 0.717) is 23.5 Å². The summed E-state index contributed by atoms with van der Waals surface area (Å²) in [5.74, 6) is 1.29. The number of hydrogen-bond donors (Lipinski definition) is 1. The average molecular weight is 290 g/mol. The summed E-state index contributed by atoms with van der Waals surface area (Å²) in [6.45, 7) is 6.19. The average Bonchev–Trinajstić information content (AvgIpc) is 2.71. The van der Waals surface area contributed by atoms with Gasteiger partial charge in [0.2, 0.25) is 0 Å². The summed E-state index contributed by atoms with van der Waals surface area (Å²) in [5, 5.41) is 3.37. The first-order valence-electron chi connectivity index (χ1n) is 7.19. The molecular formula is C13H26N2O3S. The fourth-order valence-corrected chi connectivity index (χ4v) is 4.70. The van der Waals surface area contributed by atoms with Crippen molar-refractivity contribution in [3.05, 3.63) is 0 Å². The highest BCUT2D eigenvalue weighted by Gasteiger charge is 2.28. The molecular weight excluding hydrogens is 264 g/mol. The van der Waals surface area contributed by atoms with Crippen molar-refractivity contribution in [3.8, 4) is 0 Å². The van der Waals surface area contributed by atoms with Crippen molar-refractivity contribution in [2.45, 2.75) is 31.9 Å². The molecule has 1 N–H and O–H groups in total. The largest absolute Gasteiger partial charge is 0.380 e. The smallest absolute Gasteiger partial charge is 0.151 e. The fourth-order valence-electron chi connectivity index (χ4n) is 2.99. The van der Waals surface area contributed by atoms with Crippen LogP contribution in [0.25, 0.3) is 0 Å². The van der Waals surface area contributed by atoms with E-state index in [2.05, 4.69) is 17.1 Å². The Morgan fingerprint density at radius 2 is 2.16 bits per heavy atom. The molecule has 0 aromatic heterocycles. The third kappa shape index (κ3) is 4.41. The van der Waals surface area contributed by atoms with Gasteiger partial charge in [0.1, 0.15) is 0 Å². The summed E-state index contributed by atoms with van der Waals surface area (Å²) in [4.78, 5) is 2.41. The van der Waals surface area contributed by atoms with Crippen LogP contribution in [0.3, 0.4) is 0 Å². The van der Waals surface area contributed by atoms with E-state index in [-0.39, 0.29) is 6.04 Å². The minimum Gasteiger partial charge on any atom is -0.380 e. The van der Waals surface area contributed by atoms with E-state index >= 15 is 0 Å². The topological polar surface area (TPSA) is 58.6 Å². The molecule has 0 radical (unpaired) electrons. The van der Waals surface area contributed by atoms with Crippen LogP contribution in [0.1, 0.15) is 19.8 Å². The molecule has 2 saturated heterocycles. The third-order valence-corrected chi connectivity index (χ3v) is 6.14. The predicted molar refractivity (Wildman–Crippen MR) is 76.1 cm³/mol. The molecule has 112 valence electrons. The van der Waals surface area contributed by atoms with Gasteiger partial charge in [0.05, 0.1) is 17.6 Å². The highest BCUT2D eigenvalue weighted by Crippen LogP contribution is 2.19. The minimum atomic E-state index is -2.77. The Morgan fingerprint density at radius 3 is 2.79 bits per heavy atom. The molecule has 0 aliphatic carbocycles. The maximum Gasteiger partial charge on any atom is 0.151 e. The predicted octanol–water partition coefficient (Wildman–Crippen LogP) is 0.120. The van der Waals surface area contributed by atoms with Crippen molar-refractivity contribution in [2.24, 2.45) is 5.92 Å². The van der Waals surface area contributed by atoms with Gasteiger partial charge in [0, 0.05) is 32.8 Å². The maximum absolute atomic E-state index is 11.4. The van der Waals surface area contributed by atoms with Crippen molar-refractivity contribution in [2.75, 3.05) is 44.8 Å². The molecule has 0 aromatic carbocycles. The Kier molecular flexibility index (Phi) is 5.22. The summed E-state index contributed by atoms with van der Waals surface area (Å²) in [7, 11) is -0.983. The summed E-state index contributed by atoms with van der Waals surface area (Å²) < 4.78 is 28.2. The molecule has 2 aliphatic rings. The number of nitrogens with one attached hydrogen (secondary N) is 1. The zero-order chi connectivity index (χ0) is 13.9. The first-order chi connectivity index (χ1) is 9.00. The number of methoxy groups -OCH3 is 1. The number of nitrogens with zero attached hydrogens (tertiary/aromatic N) is 1. The second-order valence-electron chi connectivity index (χ2n) is 5.89. The van der Waals surface area contributed by atoms with Crippen LogP contribution >= 0.6 is 0 Å². The van der Waals surface area contributed by atoms with Gasteiger partial charge in [0.15, 0.2) is 9.84 Å². The molecule has 3 unspecified atom stereocenters. The van der Waals surface area contributed by atoms with E-state index in [4.69, 9.17) is 4.74 Å². The lowest BCUT2D eigenvalue weighted by atomic mass is 9.96. The molecule has 5 nitrogen and oxygen atoms in total. The summed E-state index contributed by atoms with van der Waals surface area (Å²) in [6.07, 6.45) is 2.27. The Hall–Kier alpha value is -0.170. The van der Waals surface area contributed by atoms with Crippen molar-refractivity contribution in [1.29, 1.82) is 0 Å². The Morgan fingerprint density at radius 1 is 1.37 bits per heavy atom. The van der Waals surface area contributed by atoms with E-state index in [0.717, 1.165) is 32.6 Å². The zero-order valence-electron chi connectivity index (χ0n) is 12.0. The van der Waals surface area contributed by atoms with Gasteiger partial charge in [-0.3, -0.25) is 4.90 Å². The van der Waals surface area contributed by atoms with Crippen LogP contribution in [-0.4, -0.2) is 70.3 Å². The SMILES string of the molecule is COC1CN(CCNC2CCS(=O)(=O)C2)CCC1C. The number of sulfone groups is 1. The van der Waals surface area contributed by atoms with Crippen molar-refractivity contribution < 1.29 is 13.2 Å². The molecule has 0 spiro atoms. The first kappa shape index (κ1) is 15.2. The van der Waals surface area contributed by atoms with E-state index < -0.39 is 9.84 Å². The Labute approximate surface area is 116 Å². The quantitative estimate of drug-likeness (QED) is 0.779. The molecule has 0 saturated carbocycles. The third-order valence-electron chi connectivity index (χ3n) is 4.37. The molecule has 3 atom stereocenters. The van der Waals surface area contributed by atoms with Crippen molar-refractivity contribution in [1.82, 2.24) is 10.2 Å². The van der Waals surface area contributed by atoms with E-state index in [1.807, 2.05) is 0 Å². The number of piperidine rings is 1. The molecule has 2 fully saturated rings. The van der Waals surface area contributed by atoms with Crippen LogP contribution in [0.15, 0.2) is 0 Å². The van der Waals surface area contributed by atoms with Crippen LogP contribution in [0, 0.1) is 5.92 Å². The highest BCUT2D eigenvalue weighted by molar-refractivity contribution is 7.91. The van der Waals surface area contributed by atoms with Crippen LogP contribution in [0.5, 0.6) is 0 Å². The molecule has 2 rings (SSSR count). The number of ether oxygens (including phenoxy) is 1. The van der Waals surface area contributed by atoms with Crippen molar-refractivity contribution >= 4 is 9.84 Å². The normalized spacial score (nSPS) is 35.6. The van der Waals surface area contributed by atoms with Gasteiger partial charge < -0.3 is 10.1 Å². The lowest BCUT2D eigenvalue weighted by molar-refractivity contribution is -0.00453. The number of hydrogen-bond acceptors (Lipinski definition) is 5. The van der Waals surface area contributed by atoms with Gasteiger partial charge in [-0.1, -0.05) is 6.92 Å². The molecule has 2 heterocycles. The van der Waals surface area contributed by atoms with Crippen LogP contribution in [0.4, 0.5) is 0 Å². The van der Waals surface area contributed by atoms with Gasteiger partial charge in [-0.2, -0.15) is 0 Å². The molecule has 19 heavy (non-hydrogen) atoms. The summed E-state index contributed by atoms with van der Waals surface area (Å²) in [6, 6.07) is 0.159. The van der Waals surface area contributed by atoms with Crippen LogP contribution < -0.4 is 5.32 Å². The second-order valence-corrected chi connectivity index (χ2v) is 8.12. The monoisotopic (exact) mass is 290 g/mol. The molecule has 0 aromatic rings. The maximum atomic E-state index is 11.4.